The Labute approximate surface area is 87.7 Å². The second-order valence-electron chi connectivity index (χ2n) is 4.12. The summed E-state index contributed by atoms with van der Waals surface area (Å²) in [5.74, 6) is 0. The molecule has 0 saturated carbocycles. The van der Waals surface area contributed by atoms with Gasteiger partial charge in [0.25, 0.3) is 0 Å². The summed E-state index contributed by atoms with van der Waals surface area (Å²) in [5.41, 5.74) is 5.23. The number of rotatable bonds is 1. The number of imidazole rings is 1. The average Bonchev–Trinajstić information content (AvgIpc) is 2.76. The number of hydrogen-bond donors (Lipinski definition) is 0. The van der Waals surface area contributed by atoms with Gasteiger partial charge in [0.05, 0.1) is 5.69 Å². The number of fused-ring (bicyclic) bond motifs is 3. The van der Waals surface area contributed by atoms with E-state index >= 15 is 0 Å². The van der Waals surface area contributed by atoms with Crippen molar-refractivity contribution in [3.63, 3.8) is 0 Å². The molecule has 0 bridgehead atoms. The minimum absolute atomic E-state index is 0.759. The van der Waals surface area contributed by atoms with Crippen molar-refractivity contribution in [2.75, 3.05) is 0 Å². The molecule has 0 atom stereocenters. The highest BCUT2D eigenvalue weighted by Gasteiger charge is 2.18. The molecule has 2 aromatic heterocycles. The predicted molar refractivity (Wildman–Crippen MR) is 57.3 cm³/mol. The molecule has 0 unspecified atom stereocenters. The molecule has 2 heterocycles. The number of hydrogen-bond acceptors (Lipinski definition) is 2. The lowest BCUT2D eigenvalue weighted by Gasteiger charge is -2.02. The second-order valence-corrected chi connectivity index (χ2v) is 4.12. The zero-order valence-corrected chi connectivity index (χ0v) is 8.66. The summed E-state index contributed by atoms with van der Waals surface area (Å²) >= 11 is 0. The van der Waals surface area contributed by atoms with Crippen molar-refractivity contribution in [2.24, 2.45) is 0 Å². The lowest BCUT2D eigenvalue weighted by molar-refractivity contribution is 0.112. The monoisotopic (exact) mass is 200 g/mol. The first kappa shape index (κ1) is 8.65. The van der Waals surface area contributed by atoms with Gasteiger partial charge in [-0.3, -0.25) is 4.79 Å². The number of carbonyl (C=O) groups is 1. The van der Waals surface area contributed by atoms with Crippen LogP contribution in [-0.4, -0.2) is 15.7 Å². The van der Waals surface area contributed by atoms with Gasteiger partial charge in [-0.1, -0.05) is 0 Å². The fourth-order valence-corrected chi connectivity index (χ4v) is 2.31. The van der Waals surface area contributed by atoms with Crippen molar-refractivity contribution in [1.82, 2.24) is 9.38 Å². The fraction of sp³-hybridized carbons (Fsp3) is 0.333. The highest BCUT2D eigenvalue weighted by molar-refractivity contribution is 5.77. The molecule has 0 N–H and O–H groups in total. The number of aldehydes is 1. The van der Waals surface area contributed by atoms with Crippen LogP contribution in [0.3, 0.4) is 0 Å². The second kappa shape index (κ2) is 2.92. The third kappa shape index (κ3) is 1.12. The van der Waals surface area contributed by atoms with Gasteiger partial charge in [0, 0.05) is 17.5 Å². The van der Waals surface area contributed by atoms with E-state index in [0.717, 1.165) is 35.9 Å². The summed E-state index contributed by atoms with van der Waals surface area (Å²) in [6.07, 6.45) is 6.17. The van der Waals surface area contributed by atoms with Gasteiger partial charge in [0.1, 0.15) is 5.65 Å². The van der Waals surface area contributed by atoms with Crippen molar-refractivity contribution in [1.29, 1.82) is 0 Å². The van der Waals surface area contributed by atoms with Gasteiger partial charge in [0.15, 0.2) is 6.29 Å². The number of nitrogens with zero attached hydrogens (tertiary/aromatic N) is 2. The Morgan fingerprint density at radius 3 is 3.13 bits per heavy atom. The van der Waals surface area contributed by atoms with Crippen LogP contribution in [-0.2, 0) is 12.8 Å². The number of pyridine rings is 1. The molecule has 2 aromatic rings. The van der Waals surface area contributed by atoms with E-state index in [1.807, 2.05) is 19.2 Å². The summed E-state index contributed by atoms with van der Waals surface area (Å²) in [4.78, 5) is 15.4. The topological polar surface area (TPSA) is 34.4 Å². The smallest absolute Gasteiger partial charge is 0.151 e. The van der Waals surface area contributed by atoms with Crippen LogP contribution in [0.15, 0.2) is 12.3 Å². The molecule has 3 heteroatoms. The van der Waals surface area contributed by atoms with Crippen LogP contribution in [0.4, 0.5) is 0 Å². The Hall–Kier alpha value is -1.64. The van der Waals surface area contributed by atoms with Crippen LogP contribution < -0.4 is 0 Å². The van der Waals surface area contributed by atoms with Crippen molar-refractivity contribution in [3.05, 3.63) is 34.8 Å². The molecule has 0 fully saturated rings. The molecule has 0 aliphatic heterocycles. The maximum atomic E-state index is 10.9. The SMILES string of the molecule is Cc1cc2nc3c(n2cc1C=O)CCC3. The molecular weight excluding hydrogens is 188 g/mol. The third-order valence-electron chi connectivity index (χ3n) is 3.14. The Balaban J connectivity index is 2.36. The van der Waals surface area contributed by atoms with E-state index < -0.39 is 0 Å². The minimum Gasteiger partial charge on any atom is -0.303 e. The first-order chi connectivity index (χ1) is 7.29. The van der Waals surface area contributed by atoms with Crippen LogP contribution in [0.1, 0.15) is 33.7 Å². The Kier molecular flexibility index (Phi) is 1.69. The van der Waals surface area contributed by atoms with Crippen molar-refractivity contribution in [2.45, 2.75) is 26.2 Å². The highest BCUT2D eigenvalue weighted by Crippen LogP contribution is 2.24. The summed E-state index contributed by atoms with van der Waals surface area (Å²) in [6.45, 7) is 1.95. The normalized spacial score (nSPS) is 14.5. The van der Waals surface area contributed by atoms with E-state index in [4.69, 9.17) is 0 Å². The molecule has 3 nitrogen and oxygen atoms in total. The van der Waals surface area contributed by atoms with Gasteiger partial charge in [0.2, 0.25) is 0 Å². The average molecular weight is 200 g/mol. The molecule has 15 heavy (non-hydrogen) atoms. The first-order valence-electron chi connectivity index (χ1n) is 5.25. The Bertz CT molecular complexity index is 554. The zero-order valence-electron chi connectivity index (χ0n) is 8.66. The van der Waals surface area contributed by atoms with Crippen molar-refractivity contribution < 1.29 is 4.79 Å². The Morgan fingerprint density at radius 1 is 1.47 bits per heavy atom. The van der Waals surface area contributed by atoms with E-state index in [0.29, 0.717) is 0 Å². The van der Waals surface area contributed by atoms with E-state index in [1.165, 1.54) is 17.8 Å². The molecular formula is C12H12N2O. The predicted octanol–water partition coefficient (Wildman–Crippen LogP) is 1.94. The van der Waals surface area contributed by atoms with Gasteiger partial charge < -0.3 is 4.40 Å². The van der Waals surface area contributed by atoms with Gasteiger partial charge >= 0.3 is 0 Å². The molecule has 3 rings (SSSR count). The van der Waals surface area contributed by atoms with Crippen LogP contribution in [0.5, 0.6) is 0 Å². The number of carbonyl (C=O) groups excluding carboxylic acids is 1. The maximum Gasteiger partial charge on any atom is 0.151 e. The van der Waals surface area contributed by atoms with Crippen molar-refractivity contribution in [3.8, 4) is 0 Å². The lowest BCUT2D eigenvalue weighted by Crippen LogP contribution is -1.96. The standard InChI is InChI=1S/C12H12N2O/c1-8-5-12-13-10-3-2-4-11(10)14(12)6-9(8)7-15/h5-7H,2-4H2,1H3. The van der Waals surface area contributed by atoms with Crippen molar-refractivity contribution >= 4 is 11.9 Å². The van der Waals surface area contributed by atoms with Gasteiger partial charge in [-0.05, 0) is 37.8 Å². The largest absolute Gasteiger partial charge is 0.303 e. The molecule has 0 saturated heterocycles. The van der Waals surface area contributed by atoms with Crippen LogP contribution in [0, 0.1) is 6.92 Å². The summed E-state index contributed by atoms with van der Waals surface area (Å²) in [5, 5.41) is 0. The van der Waals surface area contributed by atoms with E-state index in [2.05, 4.69) is 9.38 Å². The van der Waals surface area contributed by atoms with Gasteiger partial charge in [-0.25, -0.2) is 4.98 Å². The Morgan fingerprint density at radius 2 is 2.33 bits per heavy atom. The van der Waals surface area contributed by atoms with E-state index in [1.54, 1.807) is 0 Å². The van der Waals surface area contributed by atoms with E-state index in [-0.39, 0.29) is 0 Å². The van der Waals surface area contributed by atoms with Gasteiger partial charge in [-0.15, -0.1) is 0 Å². The maximum absolute atomic E-state index is 10.9. The molecule has 0 radical (unpaired) electrons. The summed E-state index contributed by atoms with van der Waals surface area (Å²) < 4.78 is 2.07. The summed E-state index contributed by atoms with van der Waals surface area (Å²) in [6, 6.07) is 1.99. The molecule has 0 spiro atoms. The molecule has 0 aromatic carbocycles. The number of aryl methyl sites for hydroxylation is 3. The fourth-order valence-electron chi connectivity index (χ4n) is 2.31. The van der Waals surface area contributed by atoms with Gasteiger partial charge in [-0.2, -0.15) is 0 Å². The van der Waals surface area contributed by atoms with Crippen LogP contribution in [0.25, 0.3) is 5.65 Å². The molecule has 1 aliphatic carbocycles. The lowest BCUT2D eigenvalue weighted by atomic mass is 10.2. The zero-order chi connectivity index (χ0) is 10.4. The van der Waals surface area contributed by atoms with E-state index in [9.17, 15) is 4.79 Å². The summed E-state index contributed by atoms with van der Waals surface area (Å²) in [7, 11) is 0. The highest BCUT2D eigenvalue weighted by atomic mass is 16.1. The molecule has 1 aliphatic rings. The van der Waals surface area contributed by atoms with Crippen LogP contribution in [0.2, 0.25) is 0 Å². The third-order valence-corrected chi connectivity index (χ3v) is 3.14. The quantitative estimate of drug-likeness (QED) is 0.659. The first-order valence-corrected chi connectivity index (χ1v) is 5.25. The molecule has 0 amide bonds. The minimum atomic E-state index is 0.759. The number of aromatic nitrogens is 2. The van der Waals surface area contributed by atoms with Crippen LogP contribution >= 0.6 is 0 Å². The molecule has 76 valence electrons.